The fourth-order valence-electron chi connectivity index (χ4n) is 3.20. The quantitative estimate of drug-likeness (QED) is 0.790. The molecule has 1 aromatic heterocycles. The molecule has 1 aliphatic carbocycles. The number of hydrogen-bond acceptors (Lipinski definition) is 2. The van der Waals surface area contributed by atoms with Gasteiger partial charge in [-0.2, -0.15) is 5.26 Å². The van der Waals surface area contributed by atoms with Gasteiger partial charge in [0, 0.05) is 6.54 Å². The molecule has 0 atom stereocenters. The van der Waals surface area contributed by atoms with Gasteiger partial charge in [-0.1, -0.05) is 25.7 Å². The van der Waals surface area contributed by atoms with Crippen LogP contribution in [0.25, 0.3) is 11.0 Å². The Morgan fingerprint density at radius 3 is 2.85 bits per heavy atom. The first-order valence-corrected chi connectivity index (χ1v) is 7.80. The van der Waals surface area contributed by atoms with Crippen LogP contribution in [0.2, 0.25) is 0 Å². The number of imidazole rings is 1. The number of alkyl halides is 1. The largest absolute Gasteiger partial charge is 0.327 e. The highest BCUT2D eigenvalue weighted by molar-refractivity contribution is 6.16. The highest BCUT2D eigenvalue weighted by Crippen LogP contribution is 2.29. The molecule has 0 aliphatic heterocycles. The van der Waals surface area contributed by atoms with Gasteiger partial charge in [-0.3, -0.25) is 0 Å². The maximum atomic E-state index is 9.05. The molecule has 0 bridgehead atoms. The fourth-order valence-corrected chi connectivity index (χ4v) is 3.41. The fraction of sp³-hybridized carbons (Fsp3) is 0.500. The normalized spacial score (nSPS) is 15.8. The summed E-state index contributed by atoms with van der Waals surface area (Å²) in [5.41, 5.74) is 2.66. The van der Waals surface area contributed by atoms with Crippen LogP contribution >= 0.6 is 11.6 Å². The van der Waals surface area contributed by atoms with Crippen molar-refractivity contribution in [3.63, 3.8) is 0 Å². The molecule has 4 heteroatoms. The van der Waals surface area contributed by atoms with Crippen LogP contribution in [0.4, 0.5) is 0 Å². The Morgan fingerprint density at radius 2 is 2.15 bits per heavy atom. The number of aryl methyl sites for hydroxylation is 1. The molecular weight excluding hydrogens is 270 g/mol. The summed E-state index contributed by atoms with van der Waals surface area (Å²) in [5, 5.41) is 9.05. The molecule has 0 saturated heterocycles. The molecule has 1 fully saturated rings. The van der Waals surface area contributed by atoms with Gasteiger partial charge in [0.1, 0.15) is 5.82 Å². The Labute approximate surface area is 124 Å². The van der Waals surface area contributed by atoms with Crippen LogP contribution in [-0.2, 0) is 12.4 Å². The number of halogens is 1. The highest BCUT2D eigenvalue weighted by atomic mass is 35.5. The molecule has 0 radical (unpaired) electrons. The first-order valence-electron chi connectivity index (χ1n) is 7.27. The third-order valence-electron chi connectivity index (χ3n) is 4.31. The Morgan fingerprint density at radius 1 is 1.35 bits per heavy atom. The molecule has 0 spiro atoms. The number of benzene rings is 1. The summed E-state index contributed by atoms with van der Waals surface area (Å²) >= 11 is 6.02. The SMILES string of the molecule is N#Cc1ccc2nc(CCl)n(CCC3CCCC3)c2c1. The van der Waals surface area contributed by atoms with E-state index >= 15 is 0 Å². The van der Waals surface area contributed by atoms with E-state index in [2.05, 4.69) is 15.6 Å². The molecule has 2 aromatic rings. The van der Waals surface area contributed by atoms with Crippen molar-refractivity contribution < 1.29 is 0 Å². The second-order valence-corrected chi connectivity index (χ2v) is 5.84. The van der Waals surface area contributed by atoms with Gasteiger partial charge in [0.2, 0.25) is 0 Å². The van der Waals surface area contributed by atoms with Crippen LogP contribution in [0, 0.1) is 17.2 Å². The first kappa shape index (κ1) is 13.5. The van der Waals surface area contributed by atoms with Gasteiger partial charge in [0.05, 0.1) is 28.5 Å². The molecule has 0 amide bonds. The minimum absolute atomic E-state index is 0.418. The minimum atomic E-state index is 0.418. The van der Waals surface area contributed by atoms with E-state index in [9.17, 15) is 0 Å². The summed E-state index contributed by atoms with van der Waals surface area (Å²) in [4.78, 5) is 4.57. The van der Waals surface area contributed by atoms with Crippen molar-refractivity contribution in [1.29, 1.82) is 5.26 Å². The molecule has 0 N–H and O–H groups in total. The van der Waals surface area contributed by atoms with E-state index in [4.69, 9.17) is 16.9 Å². The highest BCUT2D eigenvalue weighted by Gasteiger charge is 2.17. The average Bonchev–Trinajstić information content (AvgIpc) is 3.11. The lowest BCUT2D eigenvalue weighted by atomic mass is 10.0. The molecule has 1 aromatic carbocycles. The lowest BCUT2D eigenvalue weighted by Gasteiger charge is -2.12. The molecule has 1 heterocycles. The second-order valence-electron chi connectivity index (χ2n) is 5.57. The number of aromatic nitrogens is 2. The van der Waals surface area contributed by atoms with Crippen molar-refractivity contribution in [1.82, 2.24) is 9.55 Å². The van der Waals surface area contributed by atoms with Crippen molar-refractivity contribution in [2.24, 2.45) is 5.92 Å². The maximum Gasteiger partial charge on any atom is 0.124 e. The zero-order valence-corrected chi connectivity index (χ0v) is 12.2. The predicted molar refractivity (Wildman–Crippen MR) is 80.6 cm³/mol. The Hall–Kier alpha value is -1.53. The van der Waals surface area contributed by atoms with Crippen LogP contribution in [0.15, 0.2) is 18.2 Å². The number of nitriles is 1. The Kier molecular flexibility index (Phi) is 3.93. The van der Waals surface area contributed by atoms with E-state index < -0.39 is 0 Å². The predicted octanol–water partition coefficient (Wildman–Crippen LogP) is 4.23. The number of nitrogens with zero attached hydrogens (tertiary/aromatic N) is 3. The van der Waals surface area contributed by atoms with Crippen LogP contribution in [0.5, 0.6) is 0 Å². The summed E-state index contributed by atoms with van der Waals surface area (Å²) in [5.74, 6) is 2.17. The van der Waals surface area contributed by atoms with Crippen LogP contribution < -0.4 is 0 Å². The van der Waals surface area contributed by atoms with Gasteiger partial charge in [0.25, 0.3) is 0 Å². The standard InChI is InChI=1S/C16H18ClN3/c17-10-16-19-14-6-5-13(11-18)9-15(14)20(16)8-7-12-3-1-2-4-12/h5-6,9,12H,1-4,7-8,10H2. The van der Waals surface area contributed by atoms with Gasteiger partial charge in [-0.05, 0) is 30.5 Å². The van der Waals surface area contributed by atoms with E-state index in [0.29, 0.717) is 11.4 Å². The zero-order chi connectivity index (χ0) is 13.9. The first-order chi connectivity index (χ1) is 9.81. The molecule has 20 heavy (non-hydrogen) atoms. The minimum Gasteiger partial charge on any atom is -0.327 e. The molecule has 0 unspecified atom stereocenters. The molecule has 3 rings (SSSR count). The Balaban J connectivity index is 1.91. The maximum absolute atomic E-state index is 9.05. The van der Waals surface area contributed by atoms with E-state index in [-0.39, 0.29) is 0 Å². The average molecular weight is 288 g/mol. The number of rotatable bonds is 4. The molecule has 1 aliphatic rings. The third-order valence-corrected chi connectivity index (χ3v) is 4.55. The van der Waals surface area contributed by atoms with Gasteiger partial charge in [-0.15, -0.1) is 11.6 Å². The molecule has 104 valence electrons. The van der Waals surface area contributed by atoms with Gasteiger partial charge in [0.15, 0.2) is 0 Å². The van der Waals surface area contributed by atoms with E-state index in [1.807, 2.05) is 18.2 Å². The van der Waals surface area contributed by atoms with Crippen molar-refractivity contribution >= 4 is 22.6 Å². The summed E-state index contributed by atoms with van der Waals surface area (Å²) in [7, 11) is 0. The topological polar surface area (TPSA) is 41.6 Å². The molecule has 1 saturated carbocycles. The van der Waals surface area contributed by atoms with Crippen LogP contribution in [0.1, 0.15) is 43.5 Å². The second kappa shape index (κ2) is 5.85. The molecule has 3 nitrogen and oxygen atoms in total. The van der Waals surface area contributed by atoms with E-state index in [1.54, 1.807) is 0 Å². The smallest absolute Gasteiger partial charge is 0.124 e. The summed E-state index contributed by atoms with van der Waals surface area (Å²) in [6.07, 6.45) is 6.64. The van der Waals surface area contributed by atoms with Gasteiger partial charge < -0.3 is 4.57 Å². The number of fused-ring (bicyclic) bond motifs is 1. The zero-order valence-electron chi connectivity index (χ0n) is 11.5. The van der Waals surface area contributed by atoms with Crippen LogP contribution in [0.3, 0.4) is 0 Å². The van der Waals surface area contributed by atoms with Crippen LogP contribution in [-0.4, -0.2) is 9.55 Å². The van der Waals surface area contributed by atoms with E-state index in [0.717, 1.165) is 29.3 Å². The van der Waals surface area contributed by atoms with Crippen molar-refractivity contribution in [3.05, 3.63) is 29.6 Å². The van der Waals surface area contributed by atoms with Crippen molar-refractivity contribution in [3.8, 4) is 6.07 Å². The van der Waals surface area contributed by atoms with E-state index in [1.165, 1.54) is 32.1 Å². The Bertz CT molecular complexity index is 648. The lowest BCUT2D eigenvalue weighted by Crippen LogP contribution is -2.06. The number of hydrogen-bond donors (Lipinski definition) is 0. The molecular formula is C16H18ClN3. The summed E-state index contributed by atoms with van der Waals surface area (Å²) in [6.45, 7) is 0.956. The van der Waals surface area contributed by atoms with Crippen molar-refractivity contribution in [2.75, 3.05) is 0 Å². The lowest BCUT2D eigenvalue weighted by molar-refractivity contribution is 0.458. The summed E-state index contributed by atoms with van der Waals surface area (Å²) < 4.78 is 2.20. The monoisotopic (exact) mass is 287 g/mol. The third kappa shape index (κ3) is 2.53. The summed E-state index contributed by atoms with van der Waals surface area (Å²) in [6, 6.07) is 7.85. The van der Waals surface area contributed by atoms with Crippen molar-refractivity contribution in [2.45, 2.75) is 44.5 Å². The van der Waals surface area contributed by atoms with Gasteiger partial charge >= 0.3 is 0 Å². The van der Waals surface area contributed by atoms with Gasteiger partial charge in [-0.25, -0.2) is 4.98 Å².